The minimum absolute atomic E-state index is 0.0904. The minimum Gasteiger partial charge on any atom is -0.478 e. The molecule has 0 aliphatic rings. The quantitative estimate of drug-likeness (QED) is 0.384. The summed E-state index contributed by atoms with van der Waals surface area (Å²) in [5, 5.41) is 11.0. The number of aromatic nitrogens is 2. The lowest BCUT2D eigenvalue weighted by Gasteiger charge is -2.47. The zero-order chi connectivity index (χ0) is 29.4. The molecule has 0 amide bonds. The number of aryl methyl sites for hydroxylation is 4. The van der Waals surface area contributed by atoms with Crippen molar-refractivity contribution in [1.82, 2.24) is 9.97 Å². The highest BCUT2D eigenvalue weighted by Crippen LogP contribution is 2.48. The Balaban J connectivity index is 2.59. The van der Waals surface area contributed by atoms with Crippen molar-refractivity contribution in [1.29, 1.82) is 0 Å². The van der Waals surface area contributed by atoms with E-state index in [9.17, 15) is 9.90 Å². The van der Waals surface area contributed by atoms with Gasteiger partial charge in [-0.15, -0.1) is 0 Å². The van der Waals surface area contributed by atoms with Gasteiger partial charge in [0.25, 0.3) is 0 Å². The van der Waals surface area contributed by atoms with Gasteiger partial charge in [-0.05, 0) is 101 Å². The van der Waals surface area contributed by atoms with Gasteiger partial charge >= 0.3 is 12.0 Å². The first-order chi connectivity index (χ1) is 18.1. The molecule has 3 aromatic rings. The highest BCUT2D eigenvalue weighted by molar-refractivity contribution is 5.81. The molecule has 0 saturated heterocycles. The molecular weight excluding hydrogens is 452 g/mol. The maximum absolute atomic E-state index is 13.4. The summed E-state index contributed by atoms with van der Waals surface area (Å²) in [6.07, 6.45) is 0.0684. The van der Waals surface area contributed by atoms with Gasteiger partial charge in [0.15, 0.2) is 5.60 Å². The summed E-state index contributed by atoms with van der Waals surface area (Å²) < 4.78 is 39.0. The van der Waals surface area contributed by atoms with Crippen LogP contribution in [0.25, 0.3) is 0 Å². The van der Waals surface area contributed by atoms with Crippen molar-refractivity contribution in [2.75, 3.05) is 0 Å². The van der Waals surface area contributed by atoms with E-state index >= 15 is 0 Å². The van der Waals surface area contributed by atoms with Crippen LogP contribution in [0.15, 0.2) is 42.4 Å². The molecule has 1 N–H and O–H groups in total. The molecule has 0 fully saturated rings. The Hall–Kier alpha value is -3.25. The van der Waals surface area contributed by atoms with E-state index < -0.39 is 23.3 Å². The van der Waals surface area contributed by atoms with E-state index in [1.165, 1.54) is 6.92 Å². The summed E-state index contributed by atoms with van der Waals surface area (Å²) in [5.41, 5.74) is 0.592. The average Bonchev–Trinajstić information content (AvgIpc) is 2.86. The molecule has 3 rings (SSSR count). The maximum atomic E-state index is 13.4. The lowest BCUT2D eigenvalue weighted by Crippen LogP contribution is -2.62. The summed E-state index contributed by atoms with van der Waals surface area (Å²) in [5.74, 6) is -1.36. The summed E-state index contributed by atoms with van der Waals surface area (Å²) >= 11 is 0. The molecule has 2 aromatic carbocycles. The average molecular weight is 494 g/mol. The standard InChI is InChI=1S/C30H38N2O4/c1-10-25-17-22(7)31-28(32-25)36-29(9,27(33)34)30(35-18(2)3,24-15-14-19(4)21(6)16-24)26-13-11-12-20(5)23(26)8/h11-18H,10H2,1-9H3,(H,33,34)/t29-,30?/m1/s1/i11D,12D,13D. The predicted octanol–water partition coefficient (Wildman–Crippen LogP) is 6.17. The van der Waals surface area contributed by atoms with Crippen LogP contribution in [0, 0.1) is 34.6 Å². The lowest BCUT2D eigenvalue weighted by molar-refractivity contribution is -0.196. The maximum Gasteiger partial charge on any atom is 0.351 e. The monoisotopic (exact) mass is 493 g/mol. The van der Waals surface area contributed by atoms with Crippen molar-refractivity contribution in [3.63, 3.8) is 0 Å². The van der Waals surface area contributed by atoms with Crippen molar-refractivity contribution in [2.24, 2.45) is 0 Å². The molecule has 0 radical (unpaired) electrons. The van der Waals surface area contributed by atoms with Crippen LogP contribution in [0.1, 0.15) is 76.6 Å². The fourth-order valence-electron chi connectivity index (χ4n) is 4.41. The fourth-order valence-corrected chi connectivity index (χ4v) is 4.41. The number of rotatable bonds is 9. The molecule has 0 aliphatic heterocycles. The molecule has 6 nitrogen and oxygen atoms in total. The van der Waals surface area contributed by atoms with Crippen LogP contribution in [-0.4, -0.2) is 32.7 Å². The van der Waals surface area contributed by atoms with E-state index in [2.05, 4.69) is 9.97 Å². The van der Waals surface area contributed by atoms with E-state index in [1.807, 2.05) is 32.9 Å². The molecule has 192 valence electrons. The number of hydrogen-bond donors (Lipinski definition) is 1. The third kappa shape index (κ3) is 4.87. The second kappa shape index (κ2) is 10.4. The van der Waals surface area contributed by atoms with Gasteiger partial charge in [0, 0.05) is 11.4 Å². The smallest absolute Gasteiger partial charge is 0.351 e. The van der Waals surface area contributed by atoms with Crippen LogP contribution >= 0.6 is 0 Å². The van der Waals surface area contributed by atoms with Gasteiger partial charge in [0.2, 0.25) is 5.60 Å². The van der Waals surface area contributed by atoms with Gasteiger partial charge < -0.3 is 14.6 Å². The largest absolute Gasteiger partial charge is 0.478 e. The summed E-state index contributed by atoms with van der Waals surface area (Å²) in [4.78, 5) is 22.3. The van der Waals surface area contributed by atoms with Crippen LogP contribution in [0.2, 0.25) is 0 Å². The first-order valence-electron chi connectivity index (χ1n) is 13.7. The molecule has 0 aliphatic carbocycles. The Labute approximate surface area is 218 Å². The van der Waals surface area contributed by atoms with Gasteiger partial charge in [0.05, 0.1) is 10.2 Å². The second-order valence-corrected chi connectivity index (χ2v) is 9.72. The van der Waals surface area contributed by atoms with Crippen LogP contribution in [0.5, 0.6) is 6.01 Å². The topological polar surface area (TPSA) is 81.5 Å². The van der Waals surface area contributed by atoms with E-state index in [0.29, 0.717) is 34.5 Å². The molecule has 0 bridgehead atoms. The van der Waals surface area contributed by atoms with E-state index in [-0.39, 0.29) is 29.7 Å². The zero-order valence-corrected chi connectivity index (χ0v) is 22.7. The Morgan fingerprint density at radius 3 is 2.33 bits per heavy atom. The summed E-state index contributed by atoms with van der Waals surface area (Å²) in [7, 11) is 0. The highest BCUT2D eigenvalue weighted by atomic mass is 16.6. The highest BCUT2D eigenvalue weighted by Gasteiger charge is 2.61. The summed E-state index contributed by atoms with van der Waals surface area (Å²) in [6.45, 7) is 15.9. The number of nitrogens with zero attached hydrogens (tertiary/aromatic N) is 2. The zero-order valence-electron chi connectivity index (χ0n) is 25.7. The Morgan fingerprint density at radius 2 is 1.75 bits per heavy atom. The molecular formula is C30H38N2O4. The van der Waals surface area contributed by atoms with Gasteiger partial charge in [0.1, 0.15) is 0 Å². The number of carboxylic acids is 1. The van der Waals surface area contributed by atoms with Crippen LogP contribution in [-0.2, 0) is 21.6 Å². The number of hydrogen-bond acceptors (Lipinski definition) is 5. The molecule has 2 atom stereocenters. The molecule has 36 heavy (non-hydrogen) atoms. The molecule has 0 saturated carbocycles. The Kier molecular flexibility index (Phi) is 6.69. The fraction of sp³-hybridized carbons (Fsp3) is 0.433. The van der Waals surface area contributed by atoms with Crippen molar-refractivity contribution in [2.45, 2.75) is 86.0 Å². The molecule has 1 unspecified atom stereocenters. The molecule has 1 aromatic heterocycles. The van der Waals surface area contributed by atoms with Crippen molar-refractivity contribution < 1.29 is 23.5 Å². The number of carboxylic acid groups (broad SMARTS) is 1. The first-order valence-corrected chi connectivity index (χ1v) is 12.2. The van der Waals surface area contributed by atoms with E-state index in [4.69, 9.17) is 13.6 Å². The third-order valence-electron chi connectivity index (χ3n) is 6.68. The lowest BCUT2D eigenvalue weighted by atomic mass is 9.70. The Morgan fingerprint density at radius 1 is 1.06 bits per heavy atom. The third-order valence-corrected chi connectivity index (χ3v) is 6.68. The number of ether oxygens (including phenoxy) is 2. The normalized spacial score (nSPS) is 16.0. The number of aliphatic carboxylic acids is 1. The van der Waals surface area contributed by atoms with Crippen molar-refractivity contribution in [3.05, 3.63) is 87.2 Å². The van der Waals surface area contributed by atoms with Gasteiger partial charge in [-0.2, -0.15) is 0 Å². The van der Waals surface area contributed by atoms with Crippen LogP contribution < -0.4 is 4.74 Å². The van der Waals surface area contributed by atoms with E-state index in [1.54, 1.807) is 46.8 Å². The minimum atomic E-state index is -2.21. The summed E-state index contributed by atoms with van der Waals surface area (Å²) in [6, 6.07) is 6.46. The van der Waals surface area contributed by atoms with Crippen LogP contribution in [0.4, 0.5) is 0 Å². The first kappa shape index (κ1) is 23.2. The van der Waals surface area contributed by atoms with Crippen molar-refractivity contribution in [3.8, 4) is 6.01 Å². The molecule has 1 heterocycles. The van der Waals surface area contributed by atoms with E-state index in [0.717, 1.165) is 11.1 Å². The van der Waals surface area contributed by atoms with Gasteiger partial charge in [-0.25, -0.2) is 14.8 Å². The van der Waals surface area contributed by atoms with Gasteiger partial charge in [-0.3, -0.25) is 0 Å². The van der Waals surface area contributed by atoms with Crippen LogP contribution in [0.3, 0.4) is 0 Å². The van der Waals surface area contributed by atoms with Gasteiger partial charge in [-0.1, -0.05) is 43.3 Å². The Bertz CT molecular complexity index is 1400. The predicted molar refractivity (Wildman–Crippen MR) is 142 cm³/mol. The molecule has 0 spiro atoms. The second-order valence-electron chi connectivity index (χ2n) is 9.72. The number of carbonyl (C=O) groups is 1. The molecule has 6 heteroatoms. The SMILES string of the molecule is [2H]c1c([2H])c(C)c(C)c(C(OC(C)C)(c2ccc(C)c(C)c2)[C@](C)(Oc2nc(C)cc(CC)n2)C(=O)O)c1[2H]. The number of benzene rings is 2. The van der Waals surface area contributed by atoms with Crippen molar-refractivity contribution >= 4 is 5.97 Å².